The zero-order valence-corrected chi connectivity index (χ0v) is 16.5. The zero-order chi connectivity index (χ0) is 20.4. The lowest BCUT2D eigenvalue weighted by atomic mass is 10.2. The Morgan fingerprint density at radius 3 is 2.59 bits per heavy atom. The van der Waals surface area contributed by atoms with Crippen molar-refractivity contribution in [1.82, 2.24) is 39.8 Å². The van der Waals surface area contributed by atoms with Crippen LogP contribution in [-0.4, -0.2) is 77.8 Å². The second kappa shape index (κ2) is 8.00. The number of amides is 2. The first-order chi connectivity index (χ1) is 14.0. The molecule has 1 aliphatic heterocycles. The quantitative estimate of drug-likeness (QED) is 0.626. The van der Waals surface area contributed by atoms with E-state index in [-0.39, 0.29) is 18.4 Å². The summed E-state index contributed by atoms with van der Waals surface area (Å²) < 4.78 is 3.08. The third-order valence-electron chi connectivity index (χ3n) is 4.90. The molecule has 0 N–H and O–H groups in total. The van der Waals surface area contributed by atoms with Crippen LogP contribution in [0.3, 0.4) is 0 Å². The first-order valence-corrected chi connectivity index (χ1v) is 9.49. The number of nitrogens with zero attached hydrogens (tertiary/aromatic N) is 8. The molecule has 0 bridgehead atoms. The van der Waals surface area contributed by atoms with E-state index in [4.69, 9.17) is 11.6 Å². The van der Waals surface area contributed by atoms with E-state index in [1.54, 1.807) is 32.8 Å². The van der Waals surface area contributed by atoms with Gasteiger partial charge in [-0.05, 0) is 35.5 Å². The maximum atomic E-state index is 13.0. The third kappa shape index (κ3) is 3.97. The van der Waals surface area contributed by atoms with Crippen LogP contribution in [0.4, 0.5) is 0 Å². The van der Waals surface area contributed by atoms with Gasteiger partial charge in [-0.3, -0.25) is 9.59 Å². The van der Waals surface area contributed by atoms with E-state index < -0.39 is 0 Å². The average Bonchev–Trinajstić information content (AvgIpc) is 3.37. The van der Waals surface area contributed by atoms with Crippen molar-refractivity contribution in [3.63, 3.8) is 0 Å². The fourth-order valence-corrected chi connectivity index (χ4v) is 3.49. The van der Waals surface area contributed by atoms with Gasteiger partial charge in [-0.15, -0.1) is 5.10 Å². The van der Waals surface area contributed by atoms with E-state index in [0.717, 1.165) is 11.4 Å². The molecule has 11 heteroatoms. The molecular formula is C18H19ClN8O2. The molecule has 1 aromatic carbocycles. The zero-order valence-electron chi connectivity index (χ0n) is 15.8. The maximum absolute atomic E-state index is 13.0. The number of aromatic nitrogens is 6. The smallest absolute Gasteiger partial charge is 0.257 e. The molecule has 0 atom stereocenters. The van der Waals surface area contributed by atoms with Gasteiger partial charge in [0, 0.05) is 31.2 Å². The van der Waals surface area contributed by atoms with Crippen LogP contribution < -0.4 is 0 Å². The summed E-state index contributed by atoms with van der Waals surface area (Å²) in [7, 11) is 0. The minimum absolute atomic E-state index is 0.0747. The van der Waals surface area contributed by atoms with E-state index in [1.165, 1.54) is 11.0 Å². The van der Waals surface area contributed by atoms with Crippen molar-refractivity contribution in [2.75, 3.05) is 26.2 Å². The van der Waals surface area contributed by atoms with Gasteiger partial charge in [0.25, 0.3) is 5.91 Å². The van der Waals surface area contributed by atoms with E-state index in [1.807, 2.05) is 19.1 Å². The maximum Gasteiger partial charge on any atom is 0.257 e. The minimum atomic E-state index is -0.0941. The monoisotopic (exact) mass is 414 g/mol. The predicted molar refractivity (Wildman–Crippen MR) is 104 cm³/mol. The standard InChI is InChI=1S/C18H19ClN8O2/c1-13-16(10-21-27(13)15-4-2-3-14(19)9-15)18(29)25-7-5-24(6-8-25)17(28)11-26-12-20-22-23-26/h2-4,9-10,12H,5-8,11H2,1H3. The van der Waals surface area contributed by atoms with Crippen LogP contribution in [0.2, 0.25) is 5.02 Å². The Balaban J connectivity index is 1.40. The second-order valence-corrected chi connectivity index (χ2v) is 7.15. The topological polar surface area (TPSA) is 102 Å². The molecule has 3 aromatic rings. The van der Waals surface area contributed by atoms with Crippen LogP contribution in [0.5, 0.6) is 0 Å². The summed E-state index contributed by atoms with van der Waals surface area (Å²) in [4.78, 5) is 28.8. The number of carbonyl (C=O) groups is 2. The highest BCUT2D eigenvalue weighted by molar-refractivity contribution is 6.30. The summed E-state index contributed by atoms with van der Waals surface area (Å²) in [5.41, 5.74) is 2.08. The molecule has 0 radical (unpaired) electrons. The number of rotatable bonds is 4. The highest BCUT2D eigenvalue weighted by Crippen LogP contribution is 2.19. The molecule has 0 aliphatic carbocycles. The lowest BCUT2D eigenvalue weighted by molar-refractivity contribution is -0.133. The van der Waals surface area contributed by atoms with Gasteiger partial charge in [-0.25, -0.2) is 9.36 Å². The van der Waals surface area contributed by atoms with Crippen LogP contribution >= 0.6 is 11.6 Å². The molecule has 1 fully saturated rings. The van der Waals surface area contributed by atoms with Gasteiger partial charge in [-0.1, -0.05) is 17.7 Å². The van der Waals surface area contributed by atoms with Crippen molar-refractivity contribution < 1.29 is 9.59 Å². The predicted octanol–water partition coefficient (Wildman–Crippen LogP) is 0.805. The van der Waals surface area contributed by atoms with Gasteiger partial charge in [-0.2, -0.15) is 5.10 Å². The Morgan fingerprint density at radius 1 is 1.14 bits per heavy atom. The highest BCUT2D eigenvalue weighted by atomic mass is 35.5. The van der Waals surface area contributed by atoms with Gasteiger partial charge >= 0.3 is 0 Å². The van der Waals surface area contributed by atoms with E-state index in [9.17, 15) is 9.59 Å². The van der Waals surface area contributed by atoms with Crippen LogP contribution in [-0.2, 0) is 11.3 Å². The molecule has 0 unspecified atom stereocenters. The van der Waals surface area contributed by atoms with Crippen LogP contribution in [0.1, 0.15) is 16.1 Å². The molecule has 2 amide bonds. The number of benzene rings is 1. The molecule has 0 spiro atoms. The first-order valence-electron chi connectivity index (χ1n) is 9.11. The fraction of sp³-hybridized carbons (Fsp3) is 0.333. The van der Waals surface area contributed by atoms with Crippen LogP contribution in [0.25, 0.3) is 5.69 Å². The van der Waals surface area contributed by atoms with Crippen molar-refractivity contribution in [2.45, 2.75) is 13.5 Å². The lowest BCUT2D eigenvalue weighted by Gasteiger charge is -2.34. The molecule has 29 heavy (non-hydrogen) atoms. The Labute approximate surface area is 171 Å². The Kier molecular flexibility index (Phi) is 5.26. The Morgan fingerprint density at radius 2 is 1.90 bits per heavy atom. The third-order valence-corrected chi connectivity index (χ3v) is 5.14. The molecule has 3 heterocycles. The number of piperazine rings is 1. The summed E-state index contributed by atoms with van der Waals surface area (Å²) in [5, 5.41) is 15.7. The minimum Gasteiger partial charge on any atom is -0.338 e. The van der Waals surface area contributed by atoms with Crippen molar-refractivity contribution in [1.29, 1.82) is 0 Å². The van der Waals surface area contributed by atoms with Gasteiger partial charge in [0.15, 0.2) is 0 Å². The molecule has 4 rings (SSSR count). The molecule has 1 saturated heterocycles. The van der Waals surface area contributed by atoms with Crippen LogP contribution in [0, 0.1) is 6.92 Å². The van der Waals surface area contributed by atoms with E-state index in [0.29, 0.717) is 36.8 Å². The molecule has 0 saturated carbocycles. The lowest BCUT2D eigenvalue weighted by Crippen LogP contribution is -2.51. The van der Waals surface area contributed by atoms with Crippen molar-refractivity contribution >= 4 is 23.4 Å². The molecule has 2 aromatic heterocycles. The summed E-state index contributed by atoms with van der Waals surface area (Å²) >= 11 is 6.06. The summed E-state index contributed by atoms with van der Waals surface area (Å²) in [6.07, 6.45) is 2.98. The summed E-state index contributed by atoms with van der Waals surface area (Å²) in [6, 6.07) is 7.31. The SMILES string of the molecule is Cc1c(C(=O)N2CCN(C(=O)Cn3cnnn3)CC2)cnn1-c1cccc(Cl)c1. The summed E-state index contributed by atoms with van der Waals surface area (Å²) in [5.74, 6) is -0.169. The number of halogens is 1. The molecule has 150 valence electrons. The Hall–Kier alpha value is -3.27. The number of hydrogen-bond donors (Lipinski definition) is 0. The number of tetrazole rings is 1. The fourth-order valence-electron chi connectivity index (χ4n) is 3.31. The normalized spacial score (nSPS) is 14.3. The first kappa shape index (κ1) is 19.1. The van der Waals surface area contributed by atoms with Gasteiger partial charge in [0.2, 0.25) is 5.91 Å². The van der Waals surface area contributed by atoms with Crippen molar-refractivity contribution in [2.24, 2.45) is 0 Å². The number of hydrogen-bond acceptors (Lipinski definition) is 6. The molecule has 1 aliphatic rings. The average molecular weight is 415 g/mol. The highest BCUT2D eigenvalue weighted by Gasteiger charge is 2.27. The van der Waals surface area contributed by atoms with E-state index in [2.05, 4.69) is 20.6 Å². The number of carbonyl (C=O) groups excluding carboxylic acids is 2. The van der Waals surface area contributed by atoms with Crippen molar-refractivity contribution in [3.05, 3.63) is 53.1 Å². The van der Waals surface area contributed by atoms with Crippen LogP contribution in [0.15, 0.2) is 36.8 Å². The molecular weight excluding hydrogens is 396 g/mol. The summed E-state index contributed by atoms with van der Waals surface area (Å²) in [6.45, 7) is 3.80. The van der Waals surface area contributed by atoms with Gasteiger partial charge in [0.05, 0.1) is 23.1 Å². The van der Waals surface area contributed by atoms with Crippen molar-refractivity contribution in [3.8, 4) is 5.69 Å². The largest absolute Gasteiger partial charge is 0.338 e. The van der Waals surface area contributed by atoms with E-state index >= 15 is 0 Å². The Bertz CT molecular complexity index is 1020. The second-order valence-electron chi connectivity index (χ2n) is 6.72. The van der Waals surface area contributed by atoms with Gasteiger partial charge < -0.3 is 9.80 Å². The van der Waals surface area contributed by atoms with Gasteiger partial charge in [0.1, 0.15) is 12.9 Å². The molecule has 10 nitrogen and oxygen atoms in total.